The Morgan fingerprint density at radius 3 is 2.66 bits per heavy atom. The molecule has 3 aromatic rings. The molecule has 1 aromatic heterocycles. The molecule has 0 amide bonds. The standard InChI is InChI=1S/C24H26N4O3S/c1-5-32-24-26-23-25-16(3)20(22(29)30-4)21(28(23)27-24)18-12-8-9-13-19(18)31-14-17-11-7-6-10-15(17)2/h6-13,21H,5,14H2,1-4H3,(H,25,26,27). The van der Waals surface area contributed by atoms with Gasteiger partial charge in [-0.1, -0.05) is 61.2 Å². The molecular formula is C24H26N4O3S. The van der Waals surface area contributed by atoms with E-state index < -0.39 is 12.0 Å². The monoisotopic (exact) mass is 450 g/mol. The lowest BCUT2D eigenvalue weighted by molar-refractivity contribution is -0.136. The predicted molar refractivity (Wildman–Crippen MR) is 125 cm³/mol. The number of carbonyl (C=O) groups is 1. The Balaban J connectivity index is 1.78. The van der Waals surface area contributed by atoms with E-state index in [1.807, 2.05) is 50.2 Å². The van der Waals surface area contributed by atoms with Crippen LogP contribution in [-0.2, 0) is 16.1 Å². The highest BCUT2D eigenvalue weighted by molar-refractivity contribution is 7.99. The number of carbonyl (C=O) groups excluding carboxylic acids is 1. The van der Waals surface area contributed by atoms with E-state index >= 15 is 0 Å². The van der Waals surface area contributed by atoms with Gasteiger partial charge in [0.2, 0.25) is 11.1 Å². The Kier molecular flexibility index (Phi) is 6.50. The van der Waals surface area contributed by atoms with Crippen LogP contribution in [0.3, 0.4) is 0 Å². The summed E-state index contributed by atoms with van der Waals surface area (Å²) in [6.07, 6.45) is 0. The van der Waals surface area contributed by atoms with E-state index in [1.54, 1.807) is 16.4 Å². The lowest BCUT2D eigenvalue weighted by Gasteiger charge is -2.29. The van der Waals surface area contributed by atoms with Crippen LogP contribution in [0.1, 0.15) is 36.6 Å². The average molecular weight is 451 g/mol. The largest absolute Gasteiger partial charge is 0.489 e. The highest BCUT2D eigenvalue weighted by Gasteiger charge is 2.36. The molecule has 8 heteroatoms. The third-order valence-electron chi connectivity index (χ3n) is 5.37. The zero-order chi connectivity index (χ0) is 22.7. The van der Waals surface area contributed by atoms with Crippen molar-refractivity contribution in [1.29, 1.82) is 0 Å². The van der Waals surface area contributed by atoms with Crippen LogP contribution in [0.5, 0.6) is 5.75 Å². The van der Waals surface area contributed by atoms with Crippen molar-refractivity contribution >= 4 is 23.7 Å². The van der Waals surface area contributed by atoms with Crippen molar-refractivity contribution in [3.8, 4) is 5.75 Å². The van der Waals surface area contributed by atoms with Gasteiger partial charge in [-0.3, -0.25) is 0 Å². The normalized spacial score (nSPS) is 15.2. The Labute approximate surface area is 191 Å². The molecule has 0 saturated carbocycles. The molecule has 1 unspecified atom stereocenters. The summed E-state index contributed by atoms with van der Waals surface area (Å²) in [6, 6.07) is 15.3. The number of hydrogen-bond donors (Lipinski definition) is 1. The predicted octanol–water partition coefficient (Wildman–Crippen LogP) is 4.74. The van der Waals surface area contributed by atoms with Crippen molar-refractivity contribution < 1.29 is 14.3 Å². The van der Waals surface area contributed by atoms with E-state index in [4.69, 9.17) is 9.47 Å². The first-order valence-corrected chi connectivity index (χ1v) is 11.4. The molecule has 0 bridgehead atoms. The van der Waals surface area contributed by atoms with Gasteiger partial charge in [-0.25, -0.2) is 9.48 Å². The number of methoxy groups -OCH3 is 1. The number of fused-ring (bicyclic) bond motifs is 1. The number of anilines is 1. The van der Waals surface area contributed by atoms with Gasteiger partial charge in [0.05, 0.1) is 12.7 Å². The van der Waals surface area contributed by atoms with Gasteiger partial charge in [-0.05, 0) is 36.8 Å². The van der Waals surface area contributed by atoms with Gasteiger partial charge in [0.1, 0.15) is 18.4 Å². The highest BCUT2D eigenvalue weighted by Crippen LogP contribution is 2.40. The number of rotatable bonds is 7. The average Bonchev–Trinajstić information content (AvgIpc) is 3.19. The summed E-state index contributed by atoms with van der Waals surface area (Å²) in [7, 11) is 1.38. The summed E-state index contributed by atoms with van der Waals surface area (Å²) in [5, 5.41) is 8.53. The number of benzene rings is 2. The number of allylic oxidation sites excluding steroid dienone is 1. The minimum atomic E-state index is -0.523. The molecule has 2 heterocycles. The Morgan fingerprint density at radius 2 is 1.91 bits per heavy atom. The van der Waals surface area contributed by atoms with Crippen LogP contribution in [0.25, 0.3) is 0 Å². The SMILES string of the molecule is CCSc1nc2n(n1)C(c1ccccc1OCc1ccccc1C)C(C(=O)OC)=C(C)N2. The number of nitrogens with zero attached hydrogens (tertiary/aromatic N) is 3. The Bertz CT molecular complexity index is 1170. The smallest absolute Gasteiger partial charge is 0.338 e. The second-order valence-corrected chi connectivity index (χ2v) is 8.64. The number of hydrogen-bond acceptors (Lipinski definition) is 7. The number of ether oxygens (including phenoxy) is 2. The van der Waals surface area contributed by atoms with Gasteiger partial charge in [-0.15, -0.1) is 5.10 Å². The molecule has 7 nitrogen and oxygen atoms in total. The number of esters is 1. The van der Waals surface area contributed by atoms with Gasteiger partial charge in [0, 0.05) is 11.3 Å². The van der Waals surface area contributed by atoms with Crippen molar-refractivity contribution in [2.24, 2.45) is 0 Å². The molecule has 1 atom stereocenters. The van der Waals surface area contributed by atoms with Crippen molar-refractivity contribution in [3.05, 3.63) is 76.5 Å². The topological polar surface area (TPSA) is 78.3 Å². The summed E-state index contributed by atoms with van der Waals surface area (Å²) in [5.74, 6) is 1.70. The fourth-order valence-corrected chi connectivity index (χ4v) is 4.30. The minimum Gasteiger partial charge on any atom is -0.489 e. The molecular weight excluding hydrogens is 424 g/mol. The zero-order valence-corrected chi connectivity index (χ0v) is 19.4. The van der Waals surface area contributed by atoms with E-state index in [1.165, 1.54) is 7.11 Å². The van der Waals surface area contributed by atoms with Crippen molar-refractivity contribution in [3.63, 3.8) is 0 Å². The maximum Gasteiger partial charge on any atom is 0.338 e. The van der Waals surface area contributed by atoms with Gasteiger partial charge in [0.15, 0.2) is 0 Å². The number of aryl methyl sites for hydroxylation is 1. The fraction of sp³-hybridized carbons (Fsp3) is 0.292. The van der Waals surface area contributed by atoms with Crippen molar-refractivity contribution in [2.45, 2.75) is 38.6 Å². The van der Waals surface area contributed by atoms with Crippen LogP contribution < -0.4 is 10.1 Å². The molecule has 0 spiro atoms. The molecule has 1 N–H and O–H groups in total. The van der Waals surface area contributed by atoms with Gasteiger partial charge < -0.3 is 14.8 Å². The Hall–Kier alpha value is -3.26. The van der Waals surface area contributed by atoms with Crippen molar-refractivity contribution in [2.75, 3.05) is 18.2 Å². The molecule has 1 aliphatic heterocycles. The molecule has 0 radical (unpaired) electrons. The second-order valence-electron chi connectivity index (χ2n) is 7.41. The molecule has 2 aromatic carbocycles. The van der Waals surface area contributed by atoms with Crippen LogP contribution in [0.4, 0.5) is 5.95 Å². The number of nitrogens with one attached hydrogen (secondary N) is 1. The second kappa shape index (κ2) is 9.48. The minimum absolute atomic E-state index is 0.417. The van der Waals surface area contributed by atoms with Gasteiger partial charge >= 0.3 is 5.97 Å². The first kappa shape index (κ1) is 22.0. The molecule has 1 aliphatic rings. The summed E-state index contributed by atoms with van der Waals surface area (Å²) in [4.78, 5) is 17.4. The molecule has 0 fully saturated rings. The number of thioether (sulfide) groups is 1. The quantitative estimate of drug-likeness (QED) is 0.411. The third kappa shape index (κ3) is 4.23. The molecule has 0 saturated heterocycles. The molecule has 4 rings (SSSR count). The van der Waals surface area contributed by atoms with Gasteiger partial charge in [-0.2, -0.15) is 4.98 Å². The Morgan fingerprint density at radius 1 is 1.16 bits per heavy atom. The fourth-order valence-electron chi connectivity index (χ4n) is 3.75. The molecule has 32 heavy (non-hydrogen) atoms. The zero-order valence-electron chi connectivity index (χ0n) is 18.6. The lowest BCUT2D eigenvalue weighted by atomic mass is 9.95. The maximum absolute atomic E-state index is 12.8. The third-order valence-corrected chi connectivity index (χ3v) is 6.09. The molecule has 166 valence electrons. The summed E-state index contributed by atoms with van der Waals surface area (Å²) < 4.78 is 13.1. The van der Waals surface area contributed by atoms with E-state index in [0.717, 1.165) is 22.4 Å². The van der Waals surface area contributed by atoms with E-state index in [2.05, 4.69) is 34.5 Å². The summed E-state index contributed by atoms with van der Waals surface area (Å²) in [6.45, 7) is 6.38. The first-order valence-electron chi connectivity index (χ1n) is 10.4. The number of aromatic nitrogens is 3. The lowest BCUT2D eigenvalue weighted by Crippen LogP contribution is -2.29. The van der Waals surface area contributed by atoms with Crippen LogP contribution >= 0.6 is 11.8 Å². The molecule has 0 aliphatic carbocycles. The van der Waals surface area contributed by atoms with E-state index in [0.29, 0.717) is 34.7 Å². The van der Waals surface area contributed by atoms with Crippen LogP contribution in [0.2, 0.25) is 0 Å². The summed E-state index contributed by atoms with van der Waals surface area (Å²) >= 11 is 1.55. The van der Waals surface area contributed by atoms with Gasteiger partial charge in [0.25, 0.3) is 0 Å². The summed E-state index contributed by atoms with van der Waals surface area (Å²) in [5.41, 5.74) is 4.25. The van der Waals surface area contributed by atoms with Crippen LogP contribution in [-0.4, -0.2) is 33.6 Å². The van der Waals surface area contributed by atoms with E-state index in [-0.39, 0.29) is 0 Å². The first-order chi connectivity index (χ1) is 15.5. The van der Waals surface area contributed by atoms with Crippen molar-refractivity contribution in [1.82, 2.24) is 14.8 Å². The van der Waals surface area contributed by atoms with Crippen LogP contribution in [0, 0.1) is 6.92 Å². The number of para-hydroxylation sites is 1. The highest BCUT2D eigenvalue weighted by atomic mass is 32.2. The van der Waals surface area contributed by atoms with Crippen LogP contribution in [0.15, 0.2) is 65.0 Å². The van der Waals surface area contributed by atoms with E-state index in [9.17, 15) is 4.79 Å². The maximum atomic E-state index is 12.8.